The molecule has 1 aliphatic rings. The molecule has 0 amide bonds. The van der Waals surface area contributed by atoms with E-state index in [0.717, 1.165) is 0 Å². The molecule has 0 bridgehead atoms. The first-order valence-corrected chi connectivity index (χ1v) is 10.1. The van der Waals surface area contributed by atoms with Crippen LogP contribution < -0.4 is 41.7 Å². The molecule has 0 radical (unpaired) electrons. The molecule has 0 aromatic carbocycles. The Balaban J connectivity index is 0.000000399. The number of aliphatic hydroxyl groups is 3. The molecule has 2 aromatic heterocycles. The fraction of sp³-hybridized carbons (Fsp3) is 0.500. The predicted molar refractivity (Wildman–Crippen MR) is 67.8 cm³/mol. The molecule has 0 unspecified atom stereocenters. The lowest BCUT2D eigenvalue weighted by Crippen LogP contribution is -4.23. The summed E-state index contributed by atoms with van der Waals surface area (Å²) in [6, 6.07) is 0. The maximum atomic E-state index is 11.7. The number of fused-ring (bicyclic) bond motifs is 1. The van der Waals surface area contributed by atoms with E-state index in [9.17, 15) is 15.0 Å². The minimum absolute atomic E-state index is 0.0388. The third-order valence-electron chi connectivity index (χ3n) is 3.24. The van der Waals surface area contributed by atoms with Gasteiger partial charge < -0.3 is 25.8 Å². The van der Waals surface area contributed by atoms with Crippen LogP contribution in [-0.4, -0.2) is 63.2 Å². The summed E-state index contributed by atoms with van der Waals surface area (Å²) in [4.78, 5) is 21.8. The van der Waals surface area contributed by atoms with E-state index < -0.39 is 56.8 Å². The summed E-state index contributed by atoms with van der Waals surface area (Å²) in [6.45, 7) is -0.447. The zero-order valence-corrected chi connectivity index (χ0v) is 14.4. The highest BCUT2D eigenvalue weighted by Crippen LogP contribution is 2.30. The van der Waals surface area contributed by atoms with Gasteiger partial charge in [0, 0.05) is 3.44 Å². The second-order valence-corrected chi connectivity index (χ2v) is 7.16. The first kappa shape index (κ1) is 19.9. The minimum Gasteiger partial charge on any atom is -0.394 e. The van der Waals surface area contributed by atoms with Crippen molar-refractivity contribution in [3.05, 3.63) is 16.7 Å². The van der Waals surface area contributed by atoms with Crippen LogP contribution in [0.1, 0.15) is 6.23 Å². The van der Waals surface area contributed by atoms with Crippen molar-refractivity contribution in [3.63, 3.8) is 0 Å². The average Bonchev–Trinajstić information content (AvgIpc) is 3.00. The Hall–Kier alpha value is -1.44. The van der Waals surface area contributed by atoms with Crippen LogP contribution in [0.25, 0.3) is 11.2 Å². The van der Waals surface area contributed by atoms with Gasteiger partial charge in [0.25, 0.3) is 5.56 Å². The number of imidazole rings is 1. The molecule has 25 heavy (non-hydrogen) atoms. The van der Waals surface area contributed by atoms with E-state index in [0.29, 0.717) is 0 Å². The number of nitrogen functional groups attached to an aromatic ring is 1. The summed E-state index contributed by atoms with van der Waals surface area (Å²) in [5.41, 5.74) is 5.12. The zero-order valence-electron chi connectivity index (χ0n) is 12.2. The maximum absolute atomic E-state index is 11.7. The number of halogens is 1. The Bertz CT molecular complexity index is 783. The number of hydrogen-bond acceptors (Lipinski definition) is 12. The van der Waals surface area contributed by atoms with Gasteiger partial charge in [0.15, 0.2) is 17.4 Å². The van der Waals surface area contributed by atoms with Gasteiger partial charge in [0.2, 0.25) is 5.95 Å². The van der Waals surface area contributed by atoms with Gasteiger partial charge in [-0.05, 0) is 0 Å². The number of H-pyrrole nitrogens is 1. The van der Waals surface area contributed by atoms with Crippen molar-refractivity contribution in [1.29, 1.82) is 0 Å². The molecular formula is C10H14IN5O9. The Morgan fingerprint density at radius 2 is 1.96 bits per heavy atom. The standard InChI is InChI=1S/C10H13N5O5.HIO4/c11-10-13-7-4(8(19)14-10)12-2-15(7)9-6(18)5(17)3(1-16)20-9;2-1(3,4)5/h2-3,5-6,9,16-18H,1H2,(H3,11,13,14,19);2H/t3-,5-,6-,9-;/m1./s1. The molecule has 4 atom stereocenters. The van der Waals surface area contributed by atoms with Crippen molar-refractivity contribution >= 4 is 17.1 Å². The largest absolute Gasteiger partial charge is 0.394 e. The number of aromatic nitrogens is 4. The molecule has 1 aliphatic heterocycles. The fourth-order valence-corrected chi connectivity index (χ4v) is 2.24. The van der Waals surface area contributed by atoms with Gasteiger partial charge in [-0.1, -0.05) is 0 Å². The van der Waals surface area contributed by atoms with Crippen LogP contribution in [-0.2, 0) is 4.74 Å². The summed E-state index contributed by atoms with van der Waals surface area (Å²) < 4.78 is 39.9. The highest BCUT2D eigenvalue weighted by Gasteiger charge is 2.44. The summed E-state index contributed by atoms with van der Waals surface area (Å²) in [6.07, 6.45) is -3.21. The van der Waals surface area contributed by atoms with E-state index in [4.69, 9.17) is 29.3 Å². The molecule has 0 aliphatic carbocycles. The van der Waals surface area contributed by atoms with Crippen LogP contribution in [0.2, 0.25) is 0 Å². The topological polar surface area (TPSA) is 249 Å². The van der Waals surface area contributed by atoms with E-state index in [2.05, 4.69) is 15.0 Å². The van der Waals surface area contributed by atoms with Gasteiger partial charge in [-0.25, -0.2) is 4.98 Å². The third kappa shape index (κ3) is 4.59. The lowest BCUT2D eigenvalue weighted by molar-refractivity contribution is -1.92. The smallest absolute Gasteiger partial charge is 0.368 e. The van der Waals surface area contributed by atoms with Gasteiger partial charge in [-0.2, -0.15) is 4.98 Å². The first-order chi connectivity index (χ1) is 11.5. The summed E-state index contributed by atoms with van der Waals surface area (Å²) >= 11 is -5.69. The van der Waals surface area contributed by atoms with Crippen LogP contribution in [0.15, 0.2) is 11.1 Å². The Morgan fingerprint density at radius 3 is 2.48 bits per heavy atom. The van der Waals surface area contributed by atoms with Crippen LogP contribution in [0, 0.1) is 0 Å². The van der Waals surface area contributed by atoms with Crippen LogP contribution >= 0.6 is 0 Å². The second kappa shape index (κ2) is 7.43. The Labute approximate surface area is 144 Å². The van der Waals surface area contributed by atoms with Crippen molar-refractivity contribution in [2.24, 2.45) is 0 Å². The first-order valence-electron chi connectivity index (χ1n) is 6.51. The number of aliphatic hydroxyl groups excluding tert-OH is 3. The quantitative estimate of drug-likeness (QED) is 0.222. The highest BCUT2D eigenvalue weighted by atomic mass is 127. The highest BCUT2D eigenvalue weighted by molar-refractivity contribution is 5.70. The molecule has 0 spiro atoms. The van der Waals surface area contributed by atoms with Crippen LogP contribution in [0.4, 0.5) is 5.95 Å². The molecule has 2 aromatic rings. The molecule has 0 saturated carbocycles. The van der Waals surface area contributed by atoms with E-state index in [1.165, 1.54) is 10.9 Å². The normalized spacial score (nSPS) is 26.5. The minimum atomic E-state index is -5.69. The molecule has 3 heterocycles. The molecule has 7 N–H and O–H groups in total. The van der Waals surface area contributed by atoms with Crippen LogP contribution in [0.3, 0.4) is 0 Å². The van der Waals surface area contributed by atoms with Gasteiger partial charge in [0.1, 0.15) is 18.3 Å². The molecular weight excluding hydrogens is 461 g/mol. The van der Waals surface area contributed by atoms with E-state index in [1.54, 1.807) is 0 Å². The molecule has 1 fully saturated rings. The summed E-state index contributed by atoms with van der Waals surface area (Å²) in [7, 11) is 0. The van der Waals surface area contributed by atoms with Crippen molar-refractivity contribution in [2.75, 3.05) is 12.3 Å². The number of rotatable bonds is 2. The number of nitrogens with two attached hydrogens (primary N) is 1. The number of nitrogens with one attached hydrogen (secondary N) is 1. The third-order valence-corrected chi connectivity index (χ3v) is 3.24. The predicted octanol–water partition coefficient (Wildman–Crippen LogP) is -9.81. The number of hydrogen-bond donors (Lipinski definition) is 6. The lowest BCUT2D eigenvalue weighted by atomic mass is 10.1. The number of aromatic amines is 1. The summed E-state index contributed by atoms with van der Waals surface area (Å²) in [5.74, 6) is -0.101. The Kier molecular flexibility index (Phi) is 5.91. The molecule has 3 rings (SSSR count). The SMILES string of the molecule is Nc1nc2c(ncn2[C@@H]2O[C@H](CO)[C@@H](O)[C@H]2O)c(=O)[nH]1.[O-][I+3]([O-])([O-])O. The zero-order chi connectivity index (χ0) is 18.9. The Morgan fingerprint density at radius 1 is 1.36 bits per heavy atom. The van der Waals surface area contributed by atoms with Gasteiger partial charge in [0.05, 0.1) is 12.9 Å². The van der Waals surface area contributed by atoms with Crippen molar-refractivity contribution in [2.45, 2.75) is 24.5 Å². The van der Waals surface area contributed by atoms with E-state index in [-0.39, 0.29) is 17.1 Å². The monoisotopic (exact) mass is 475 g/mol. The molecule has 1 saturated heterocycles. The van der Waals surface area contributed by atoms with Gasteiger partial charge >= 0.3 is 20.1 Å². The molecule has 15 heteroatoms. The average molecular weight is 475 g/mol. The molecule has 140 valence electrons. The lowest BCUT2D eigenvalue weighted by Gasteiger charge is -2.16. The van der Waals surface area contributed by atoms with Crippen molar-refractivity contribution in [3.8, 4) is 0 Å². The van der Waals surface area contributed by atoms with E-state index >= 15 is 0 Å². The number of nitrogens with zero attached hydrogens (tertiary/aromatic N) is 3. The number of anilines is 1. The van der Waals surface area contributed by atoms with E-state index in [1.807, 2.05) is 0 Å². The number of ether oxygens (including phenoxy) is 1. The van der Waals surface area contributed by atoms with Crippen molar-refractivity contribution < 1.29 is 53.9 Å². The molecule has 14 nitrogen and oxygen atoms in total. The maximum Gasteiger partial charge on any atom is 0.368 e. The van der Waals surface area contributed by atoms with Crippen LogP contribution in [0.5, 0.6) is 0 Å². The van der Waals surface area contributed by atoms with Crippen molar-refractivity contribution in [1.82, 2.24) is 19.5 Å². The second-order valence-electron chi connectivity index (χ2n) is 4.90. The fourth-order valence-electron chi connectivity index (χ4n) is 2.24. The van der Waals surface area contributed by atoms with Gasteiger partial charge in [-0.3, -0.25) is 24.7 Å². The van der Waals surface area contributed by atoms with Gasteiger partial charge in [-0.15, -0.1) is 0 Å². The summed E-state index contributed by atoms with van der Waals surface area (Å²) in [5, 5.41) is 28.7.